The van der Waals surface area contributed by atoms with Crippen LogP contribution in [0, 0.1) is 6.92 Å². The lowest BCUT2D eigenvalue weighted by atomic mass is 9.98. The molecule has 1 aromatic heterocycles. The Kier molecular flexibility index (Phi) is 3.38. The number of aryl methyl sites for hydroxylation is 1. The van der Waals surface area contributed by atoms with Gasteiger partial charge < -0.3 is 15.9 Å². The number of nitrogens with two attached hydrogens (primary N) is 1. The van der Waals surface area contributed by atoms with Crippen LogP contribution in [0.4, 0.5) is 0 Å². The van der Waals surface area contributed by atoms with Crippen LogP contribution in [-0.2, 0) is 0 Å². The SMILES string of the molecule is Cc1cc(C(O)C(N)CO)c2ccccc2n1. The van der Waals surface area contributed by atoms with Gasteiger partial charge in [-0.05, 0) is 24.6 Å². The molecule has 0 radical (unpaired) electrons. The van der Waals surface area contributed by atoms with Gasteiger partial charge in [0.15, 0.2) is 0 Å². The minimum atomic E-state index is -0.883. The summed E-state index contributed by atoms with van der Waals surface area (Å²) in [5.74, 6) is 0. The highest BCUT2D eigenvalue weighted by molar-refractivity contribution is 5.82. The molecule has 0 aliphatic carbocycles. The smallest absolute Gasteiger partial charge is 0.0970 e. The lowest BCUT2D eigenvalue weighted by molar-refractivity contribution is 0.110. The van der Waals surface area contributed by atoms with Gasteiger partial charge in [-0.15, -0.1) is 0 Å². The van der Waals surface area contributed by atoms with E-state index in [2.05, 4.69) is 4.98 Å². The summed E-state index contributed by atoms with van der Waals surface area (Å²) in [6, 6.07) is 8.70. The van der Waals surface area contributed by atoms with Gasteiger partial charge in [-0.1, -0.05) is 18.2 Å². The Morgan fingerprint density at radius 1 is 1.35 bits per heavy atom. The fraction of sp³-hybridized carbons (Fsp3) is 0.308. The van der Waals surface area contributed by atoms with Crippen LogP contribution >= 0.6 is 0 Å². The number of benzene rings is 1. The second kappa shape index (κ2) is 4.79. The molecule has 0 fully saturated rings. The molecule has 4 nitrogen and oxygen atoms in total. The van der Waals surface area contributed by atoms with Gasteiger partial charge in [0.2, 0.25) is 0 Å². The summed E-state index contributed by atoms with van der Waals surface area (Å²) >= 11 is 0. The maximum absolute atomic E-state index is 10.1. The standard InChI is InChI=1S/C13H16N2O2/c1-8-6-10(13(17)11(14)7-16)9-4-2-3-5-12(9)15-8/h2-6,11,13,16-17H,7,14H2,1H3. The van der Waals surface area contributed by atoms with Crippen LogP contribution in [0.25, 0.3) is 10.9 Å². The lowest BCUT2D eigenvalue weighted by Crippen LogP contribution is -2.32. The number of nitrogens with zero attached hydrogens (tertiary/aromatic N) is 1. The van der Waals surface area contributed by atoms with Crippen molar-refractivity contribution in [3.05, 3.63) is 41.6 Å². The Hall–Kier alpha value is -1.49. The molecule has 0 spiro atoms. The fourth-order valence-corrected chi connectivity index (χ4v) is 1.92. The molecule has 0 saturated heterocycles. The highest BCUT2D eigenvalue weighted by Crippen LogP contribution is 2.25. The number of rotatable bonds is 3. The molecule has 90 valence electrons. The fourth-order valence-electron chi connectivity index (χ4n) is 1.92. The number of hydrogen-bond donors (Lipinski definition) is 3. The van der Waals surface area contributed by atoms with Crippen LogP contribution in [0.2, 0.25) is 0 Å². The van der Waals surface area contributed by atoms with Gasteiger partial charge in [0.1, 0.15) is 0 Å². The van der Waals surface area contributed by atoms with Crippen LogP contribution in [-0.4, -0.2) is 27.8 Å². The molecule has 17 heavy (non-hydrogen) atoms. The van der Waals surface area contributed by atoms with E-state index in [1.165, 1.54) is 0 Å². The molecule has 0 amide bonds. The lowest BCUT2D eigenvalue weighted by Gasteiger charge is -2.19. The summed E-state index contributed by atoms with van der Waals surface area (Å²) in [6.45, 7) is 1.62. The number of para-hydroxylation sites is 1. The Bertz CT molecular complexity index is 528. The maximum Gasteiger partial charge on any atom is 0.0970 e. The molecule has 4 heteroatoms. The molecular weight excluding hydrogens is 216 g/mol. The van der Waals surface area contributed by atoms with Gasteiger partial charge in [0, 0.05) is 11.1 Å². The first-order chi connectivity index (χ1) is 8.13. The molecule has 1 heterocycles. The quantitative estimate of drug-likeness (QED) is 0.734. The van der Waals surface area contributed by atoms with Crippen molar-refractivity contribution in [2.75, 3.05) is 6.61 Å². The van der Waals surface area contributed by atoms with Crippen molar-refractivity contribution in [1.82, 2.24) is 4.98 Å². The molecule has 2 atom stereocenters. The summed E-state index contributed by atoms with van der Waals surface area (Å²) in [7, 11) is 0. The molecule has 0 bridgehead atoms. The second-order valence-corrected chi connectivity index (χ2v) is 4.16. The van der Waals surface area contributed by atoms with Gasteiger partial charge >= 0.3 is 0 Å². The first-order valence-electron chi connectivity index (χ1n) is 5.54. The summed E-state index contributed by atoms with van der Waals surface area (Å²) in [5.41, 5.74) is 8.03. The molecule has 0 aliphatic rings. The number of fused-ring (bicyclic) bond motifs is 1. The first kappa shape index (κ1) is 12.0. The Morgan fingerprint density at radius 3 is 2.76 bits per heavy atom. The third kappa shape index (κ3) is 2.29. The zero-order valence-corrected chi connectivity index (χ0v) is 9.67. The third-order valence-corrected chi connectivity index (χ3v) is 2.81. The summed E-state index contributed by atoms with van der Waals surface area (Å²) < 4.78 is 0. The average molecular weight is 232 g/mol. The molecule has 4 N–H and O–H groups in total. The summed E-state index contributed by atoms with van der Waals surface area (Å²) in [6.07, 6.45) is -0.883. The molecule has 2 rings (SSSR count). The topological polar surface area (TPSA) is 79.4 Å². The van der Waals surface area contributed by atoms with Crippen LogP contribution in [0.1, 0.15) is 17.4 Å². The first-order valence-corrected chi connectivity index (χ1v) is 5.54. The van der Waals surface area contributed by atoms with Crippen molar-refractivity contribution < 1.29 is 10.2 Å². The number of aliphatic hydroxyl groups excluding tert-OH is 2. The van der Waals surface area contributed by atoms with Gasteiger partial charge in [0.05, 0.1) is 24.3 Å². The second-order valence-electron chi connectivity index (χ2n) is 4.16. The van der Waals surface area contributed by atoms with Gasteiger partial charge in [-0.3, -0.25) is 4.98 Å². The molecule has 0 aliphatic heterocycles. The molecule has 2 unspecified atom stereocenters. The van der Waals surface area contributed by atoms with Crippen molar-refractivity contribution in [3.63, 3.8) is 0 Å². The van der Waals surface area contributed by atoms with Crippen LogP contribution < -0.4 is 5.73 Å². The predicted molar refractivity (Wildman–Crippen MR) is 66.5 cm³/mol. The van der Waals surface area contributed by atoms with Crippen molar-refractivity contribution in [2.45, 2.75) is 19.1 Å². The zero-order valence-electron chi connectivity index (χ0n) is 9.67. The van der Waals surface area contributed by atoms with Crippen molar-refractivity contribution in [2.24, 2.45) is 5.73 Å². The van der Waals surface area contributed by atoms with Crippen LogP contribution in [0.3, 0.4) is 0 Å². The Labute approximate surface area is 99.7 Å². The summed E-state index contributed by atoms with van der Waals surface area (Å²) in [4.78, 5) is 4.39. The number of pyridine rings is 1. The van der Waals surface area contributed by atoms with E-state index in [0.29, 0.717) is 0 Å². The zero-order chi connectivity index (χ0) is 12.4. The highest BCUT2D eigenvalue weighted by Gasteiger charge is 2.19. The largest absolute Gasteiger partial charge is 0.395 e. The molecule has 2 aromatic rings. The third-order valence-electron chi connectivity index (χ3n) is 2.81. The van der Waals surface area contributed by atoms with E-state index in [4.69, 9.17) is 10.8 Å². The number of hydrogen-bond acceptors (Lipinski definition) is 4. The normalized spacial score (nSPS) is 14.8. The number of aromatic nitrogens is 1. The molecule has 1 aromatic carbocycles. The minimum absolute atomic E-state index is 0.253. The van der Waals surface area contributed by atoms with Crippen molar-refractivity contribution >= 4 is 10.9 Å². The van der Waals surface area contributed by atoms with Crippen LogP contribution in [0.15, 0.2) is 30.3 Å². The van der Waals surface area contributed by atoms with E-state index in [9.17, 15) is 5.11 Å². The van der Waals surface area contributed by atoms with Gasteiger partial charge in [0.25, 0.3) is 0 Å². The minimum Gasteiger partial charge on any atom is -0.395 e. The van der Waals surface area contributed by atoms with Crippen molar-refractivity contribution in [1.29, 1.82) is 0 Å². The van der Waals surface area contributed by atoms with E-state index < -0.39 is 12.1 Å². The van der Waals surface area contributed by atoms with Crippen LogP contribution in [0.5, 0.6) is 0 Å². The van der Waals surface area contributed by atoms with E-state index in [1.54, 1.807) is 0 Å². The van der Waals surface area contributed by atoms with Crippen molar-refractivity contribution in [3.8, 4) is 0 Å². The van der Waals surface area contributed by atoms with E-state index >= 15 is 0 Å². The van der Waals surface area contributed by atoms with E-state index in [-0.39, 0.29) is 6.61 Å². The summed E-state index contributed by atoms with van der Waals surface area (Å²) in [5, 5.41) is 20.0. The maximum atomic E-state index is 10.1. The predicted octanol–water partition coefficient (Wildman–Crippen LogP) is 0.896. The Morgan fingerprint density at radius 2 is 2.06 bits per heavy atom. The molecular formula is C13H16N2O2. The van der Waals surface area contributed by atoms with Gasteiger partial charge in [-0.25, -0.2) is 0 Å². The monoisotopic (exact) mass is 232 g/mol. The number of aliphatic hydroxyl groups is 2. The average Bonchev–Trinajstić information content (AvgIpc) is 2.35. The molecule has 0 saturated carbocycles. The van der Waals surface area contributed by atoms with Gasteiger partial charge in [-0.2, -0.15) is 0 Å². The van der Waals surface area contributed by atoms with E-state index in [0.717, 1.165) is 22.2 Å². The highest BCUT2D eigenvalue weighted by atomic mass is 16.3. The van der Waals surface area contributed by atoms with E-state index in [1.807, 2.05) is 37.3 Å². The Balaban J connectivity index is 2.59.